The summed E-state index contributed by atoms with van der Waals surface area (Å²) in [6.07, 6.45) is 0. The smallest absolute Gasteiger partial charge is 0.339 e. The van der Waals surface area contributed by atoms with Crippen LogP contribution in [-0.4, -0.2) is 34.2 Å². The van der Waals surface area contributed by atoms with Crippen LogP contribution in [0, 0.1) is 0 Å². The molecule has 0 fully saturated rings. The lowest BCUT2D eigenvalue weighted by Crippen LogP contribution is -2.34. The number of nitrogens with zero attached hydrogens (tertiary/aromatic N) is 1. The Bertz CT molecular complexity index is 648. The molecule has 0 saturated carbocycles. The maximum Gasteiger partial charge on any atom is 0.339 e. The zero-order chi connectivity index (χ0) is 14.7. The van der Waals surface area contributed by atoms with Crippen molar-refractivity contribution >= 4 is 49.7 Å². The molecule has 6 heteroatoms. The van der Waals surface area contributed by atoms with Crippen molar-refractivity contribution in [1.82, 2.24) is 4.90 Å². The summed E-state index contributed by atoms with van der Waals surface area (Å²) in [5, 5.41) is 14.4. The van der Waals surface area contributed by atoms with Crippen LogP contribution < -0.4 is 5.32 Å². The van der Waals surface area contributed by atoms with Crippen LogP contribution in [-0.2, 0) is 0 Å². The van der Waals surface area contributed by atoms with Gasteiger partial charge in [0, 0.05) is 23.2 Å². The zero-order valence-electron chi connectivity index (χ0n) is 11.3. The second-order valence-corrected chi connectivity index (χ2v) is 5.65. The molecular weight excluding hydrogens is 292 g/mol. The summed E-state index contributed by atoms with van der Waals surface area (Å²) in [6.45, 7) is 5.60. The Balaban J connectivity index is 2.41. The first-order valence-corrected chi connectivity index (χ1v) is 7.61. The number of hydrogen-bond donors (Lipinski definition) is 2. The molecule has 0 bridgehead atoms. The molecule has 0 aliphatic rings. The number of rotatable bonds is 4. The zero-order valence-corrected chi connectivity index (χ0v) is 13.0. The van der Waals surface area contributed by atoms with Gasteiger partial charge >= 0.3 is 5.97 Å². The molecular formula is C14H16N2O2S2. The van der Waals surface area contributed by atoms with Crippen molar-refractivity contribution < 1.29 is 9.90 Å². The van der Waals surface area contributed by atoms with Crippen molar-refractivity contribution in [1.29, 1.82) is 0 Å². The van der Waals surface area contributed by atoms with E-state index in [1.807, 2.05) is 43.0 Å². The molecule has 2 N–H and O–H groups in total. The molecule has 1 aromatic carbocycles. The lowest BCUT2D eigenvalue weighted by atomic mass is 10.1. The molecule has 2 rings (SSSR count). The normalized spacial score (nSPS) is 10.5. The lowest BCUT2D eigenvalue weighted by molar-refractivity contribution is 0.0700. The molecule has 1 aromatic heterocycles. The van der Waals surface area contributed by atoms with Gasteiger partial charge in [-0.05, 0) is 32.1 Å². The van der Waals surface area contributed by atoms with Gasteiger partial charge in [0.25, 0.3) is 0 Å². The minimum atomic E-state index is -0.938. The first-order chi connectivity index (χ1) is 9.58. The van der Waals surface area contributed by atoms with Crippen molar-refractivity contribution in [2.24, 2.45) is 0 Å². The van der Waals surface area contributed by atoms with E-state index < -0.39 is 5.97 Å². The number of nitrogens with one attached hydrogen (secondary N) is 1. The average Bonchev–Trinajstić information content (AvgIpc) is 2.77. The van der Waals surface area contributed by atoms with E-state index in [4.69, 9.17) is 12.2 Å². The number of carbonyl (C=O) groups is 1. The van der Waals surface area contributed by atoms with E-state index in [-0.39, 0.29) is 0 Å². The molecule has 0 spiro atoms. The van der Waals surface area contributed by atoms with Gasteiger partial charge in [0.15, 0.2) is 5.11 Å². The van der Waals surface area contributed by atoms with Crippen LogP contribution in [0.2, 0.25) is 0 Å². The Labute approximate surface area is 127 Å². The van der Waals surface area contributed by atoms with Crippen LogP contribution in [0.5, 0.6) is 0 Å². The molecule has 0 radical (unpaired) electrons. The largest absolute Gasteiger partial charge is 0.478 e. The topological polar surface area (TPSA) is 52.6 Å². The van der Waals surface area contributed by atoms with Crippen LogP contribution in [0.1, 0.15) is 24.2 Å². The molecule has 0 aliphatic heterocycles. The number of aromatic carboxylic acids is 1. The highest BCUT2D eigenvalue weighted by Gasteiger charge is 2.19. The van der Waals surface area contributed by atoms with Crippen LogP contribution in [0.15, 0.2) is 24.3 Å². The fourth-order valence-electron chi connectivity index (χ4n) is 2.03. The SMILES string of the molecule is CCN(CC)C(=S)Nc1sc2ccccc2c1C(=O)O. The summed E-state index contributed by atoms with van der Waals surface area (Å²) < 4.78 is 0.940. The Morgan fingerprint density at radius 3 is 2.60 bits per heavy atom. The molecule has 1 heterocycles. The van der Waals surface area contributed by atoms with Crippen molar-refractivity contribution in [3.63, 3.8) is 0 Å². The second kappa shape index (κ2) is 6.19. The van der Waals surface area contributed by atoms with E-state index in [0.29, 0.717) is 15.7 Å². The van der Waals surface area contributed by atoms with E-state index in [9.17, 15) is 9.90 Å². The summed E-state index contributed by atoms with van der Waals surface area (Å²) in [5.41, 5.74) is 0.292. The van der Waals surface area contributed by atoms with Crippen LogP contribution >= 0.6 is 23.6 Å². The van der Waals surface area contributed by atoms with Crippen molar-refractivity contribution in [3.05, 3.63) is 29.8 Å². The number of fused-ring (bicyclic) bond motifs is 1. The maximum absolute atomic E-state index is 11.5. The Hall–Kier alpha value is -1.66. The van der Waals surface area contributed by atoms with E-state index in [0.717, 1.165) is 23.2 Å². The fourth-order valence-corrected chi connectivity index (χ4v) is 3.55. The molecule has 20 heavy (non-hydrogen) atoms. The number of carboxylic acid groups (broad SMARTS) is 1. The van der Waals surface area contributed by atoms with Crippen molar-refractivity contribution in [3.8, 4) is 0 Å². The summed E-state index contributed by atoms with van der Waals surface area (Å²) in [5.74, 6) is -0.938. The molecule has 0 amide bonds. The molecule has 106 valence electrons. The predicted molar refractivity (Wildman–Crippen MR) is 87.9 cm³/mol. The van der Waals surface area contributed by atoms with Gasteiger partial charge in [-0.3, -0.25) is 0 Å². The minimum Gasteiger partial charge on any atom is -0.478 e. The third-order valence-electron chi connectivity index (χ3n) is 3.08. The van der Waals surface area contributed by atoms with Gasteiger partial charge in [-0.15, -0.1) is 11.3 Å². The third kappa shape index (κ3) is 2.76. The highest BCUT2D eigenvalue weighted by Crippen LogP contribution is 2.35. The minimum absolute atomic E-state index is 0.292. The summed E-state index contributed by atoms with van der Waals surface area (Å²) >= 11 is 6.75. The monoisotopic (exact) mass is 308 g/mol. The van der Waals surface area contributed by atoms with Gasteiger partial charge in [0.1, 0.15) is 10.6 Å². The first kappa shape index (κ1) is 14.7. The standard InChI is InChI=1S/C14H16N2O2S2/c1-3-16(4-2)14(19)15-12-11(13(17)18)9-7-5-6-8-10(9)20-12/h5-8H,3-4H2,1-2H3,(H,15,19)(H,17,18). The molecule has 0 unspecified atom stereocenters. The van der Waals surface area contributed by atoms with Gasteiger partial charge in [0.05, 0.1) is 0 Å². The number of thiophene rings is 1. The van der Waals surface area contributed by atoms with E-state index >= 15 is 0 Å². The second-order valence-electron chi connectivity index (χ2n) is 4.21. The fraction of sp³-hybridized carbons (Fsp3) is 0.286. The van der Waals surface area contributed by atoms with Gasteiger partial charge in [-0.2, -0.15) is 0 Å². The number of carboxylic acids is 1. The number of thiocarbonyl (C=S) groups is 1. The van der Waals surface area contributed by atoms with Crippen LogP contribution in [0.3, 0.4) is 0 Å². The Kier molecular flexibility index (Phi) is 4.57. The van der Waals surface area contributed by atoms with E-state index in [1.165, 1.54) is 11.3 Å². The van der Waals surface area contributed by atoms with E-state index in [1.54, 1.807) is 0 Å². The van der Waals surface area contributed by atoms with Crippen molar-refractivity contribution in [2.45, 2.75) is 13.8 Å². The molecule has 0 saturated heterocycles. The van der Waals surface area contributed by atoms with Crippen LogP contribution in [0.4, 0.5) is 5.00 Å². The maximum atomic E-state index is 11.5. The first-order valence-electron chi connectivity index (χ1n) is 6.39. The summed E-state index contributed by atoms with van der Waals surface area (Å²) in [4.78, 5) is 13.5. The predicted octanol–water partition coefficient (Wildman–Crippen LogP) is 3.64. The van der Waals surface area contributed by atoms with Gasteiger partial charge in [-0.25, -0.2) is 4.79 Å². The average molecular weight is 308 g/mol. The van der Waals surface area contributed by atoms with Gasteiger partial charge in [0.2, 0.25) is 0 Å². The summed E-state index contributed by atoms with van der Waals surface area (Å²) in [7, 11) is 0. The van der Waals surface area contributed by atoms with Crippen molar-refractivity contribution in [2.75, 3.05) is 18.4 Å². The molecule has 2 aromatic rings. The molecule has 4 nitrogen and oxygen atoms in total. The van der Waals surface area contributed by atoms with E-state index in [2.05, 4.69) is 5.32 Å². The number of anilines is 1. The highest BCUT2D eigenvalue weighted by molar-refractivity contribution is 7.80. The molecule has 0 aliphatic carbocycles. The van der Waals surface area contributed by atoms with Gasteiger partial charge < -0.3 is 15.3 Å². The lowest BCUT2D eigenvalue weighted by Gasteiger charge is -2.22. The molecule has 0 atom stereocenters. The Morgan fingerprint density at radius 2 is 2.00 bits per heavy atom. The number of hydrogen-bond acceptors (Lipinski definition) is 3. The third-order valence-corrected chi connectivity index (χ3v) is 4.53. The highest BCUT2D eigenvalue weighted by atomic mass is 32.1. The number of benzene rings is 1. The summed E-state index contributed by atoms with van der Waals surface area (Å²) in [6, 6.07) is 7.48. The van der Waals surface area contributed by atoms with Crippen LogP contribution in [0.25, 0.3) is 10.1 Å². The van der Waals surface area contributed by atoms with Gasteiger partial charge in [-0.1, -0.05) is 18.2 Å². The Morgan fingerprint density at radius 1 is 1.35 bits per heavy atom. The quantitative estimate of drug-likeness (QED) is 0.845.